The quantitative estimate of drug-likeness (QED) is 0.265. The van der Waals surface area contributed by atoms with Crippen molar-refractivity contribution in [3.05, 3.63) is 82.7 Å². The monoisotopic (exact) mass is 551 g/mol. The van der Waals surface area contributed by atoms with E-state index in [-0.39, 0.29) is 17.3 Å². The maximum atomic E-state index is 14.8. The number of pyridine rings is 1. The van der Waals surface area contributed by atoms with Crippen LogP contribution in [-0.2, 0) is 7.05 Å². The van der Waals surface area contributed by atoms with Crippen molar-refractivity contribution in [3.63, 3.8) is 0 Å². The Morgan fingerprint density at radius 1 is 1.07 bits per heavy atom. The van der Waals surface area contributed by atoms with Crippen molar-refractivity contribution < 1.29 is 9.18 Å². The van der Waals surface area contributed by atoms with E-state index in [0.717, 1.165) is 0 Å². The van der Waals surface area contributed by atoms with Crippen LogP contribution >= 0.6 is 0 Å². The van der Waals surface area contributed by atoms with E-state index in [2.05, 4.69) is 37.1 Å². The molecule has 0 aliphatic heterocycles. The number of urea groups is 1. The second kappa shape index (κ2) is 10.9. The van der Waals surface area contributed by atoms with Gasteiger partial charge in [0.1, 0.15) is 17.2 Å². The van der Waals surface area contributed by atoms with Gasteiger partial charge >= 0.3 is 6.03 Å². The first kappa shape index (κ1) is 27.0. The minimum absolute atomic E-state index is 0.000396. The Hall–Kier alpha value is -5.57. The highest BCUT2D eigenvalue weighted by molar-refractivity contribution is 6.02. The first-order valence-corrected chi connectivity index (χ1v) is 12.7. The number of halogens is 1. The van der Waals surface area contributed by atoms with E-state index in [4.69, 9.17) is 0 Å². The third kappa shape index (κ3) is 5.33. The largest absolute Gasteiger partial charge is 0.357 e. The van der Waals surface area contributed by atoms with Gasteiger partial charge in [0.05, 0.1) is 23.0 Å². The molecule has 12 heteroatoms. The Labute approximate surface area is 234 Å². The standard InChI is InChI=1S/C29H26FN9O2/c1-16(2)39-15-24(25(37-39)19-7-5-6-17(10-19)13-31)35-29(41)34-23-12-18(8-9-22(23)30)21-11-20-14-33-28(32-3)36-26(20)38(4)27(21)40/h5-12,14-16H,1-4H3,(H,32,33,36)(H2,34,35,41). The number of fused-ring (bicyclic) bond motifs is 1. The summed E-state index contributed by atoms with van der Waals surface area (Å²) in [5.41, 5.74) is 2.62. The predicted octanol–water partition coefficient (Wildman–Crippen LogP) is 5.14. The second-order valence-electron chi connectivity index (χ2n) is 9.58. The number of nitriles is 1. The lowest BCUT2D eigenvalue weighted by atomic mass is 10.1. The lowest BCUT2D eigenvalue weighted by Crippen LogP contribution is -2.21. The van der Waals surface area contributed by atoms with Crippen molar-refractivity contribution in [1.29, 1.82) is 5.26 Å². The summed E-state index contributed by atoms with van der Waals surface area (Å²) >= 11 is 0. The number of aryl methyl sites for hydroxylation is 1. The van der Waals surface area contributed by atoms with Crippen molar-refractivity contribution in [2.45, 2.75) is 19.9 Å². The highest BCUT2D eigenvalue weighted by atomic mass is 19.1. The molecule has 0 atom stereocenters. The van der Waals surface area contributed by atoms with E-state index in [0.29, 0.717) is 50.6 Å². The first-order chi connectivity index (χ1) is 19.7. The fraction of sp³-hybridized carbons (Fsp3) is 0.172. The van der Waals surface area contributed by atoms with Crippen LogP contribution in [0.2, 0.25) is 0 Å². The maximum Gasteiger partial charge on any atom is 0.323 e. The summed E-state index contributed by atoms with van der Waals surface area (Å²) in [6, 6.07) is 13.9. The van der Waals surface area contributed by atoms with Gasteiger partial charge in [-0.3, -0.25) is 14.0 Å². The minimum Gasteiger partial charge on any atom is -0.357 e. The molecule has 2 aromatic carbocycles. The molecule has 0 spiro atoms. The van der Waals surface area contributed by atoms with Crippen molar-refractivity contribution in [2.75, 3.05) is 23.0 Å². The molecule has 0 fully saturated rings. The van der Waals surface area contributed by atoms with Gasteiger partial charge in [-0.05, 0) is 49.7 Å². The number of amides is 2. The van der Waals surface area contributed by atoms with Crippen molar-refractivity contribution >= 4 is 34.4 Å². The summed E-state index contributed by atoms with van der Waals surface area (Å²) in [4.78, 5) is 34.8. The molecule has 3 N–H and O–H groups in total. The van der Waals surface area contributed by atoms with E-state index in [1.165, 1.54) is 22.8 Å². The van der Waals surface area contributed by atoms with Gasteiger partial charge in [-0.15, -0.1) is 0 Å². The Kier molecular flexibility index (Phi) is 7.18. The van der Waals surface area contributed by atoms with E-state index in [9.17, 15) is 19.2 Å². The van der Waals surface area contributed by atoms with Crippen LogP contribution in [0, 0.1) is 17.1 Å². The highest BCUT2D eigenvalue weighted by Crippen LogP contribution is 2.30. The van der Waals surface area contributed by atoms with Gasteiger partial charge in [0.25, 0.3) is 5.56 Å². The van der Waals surface area contributed by atoms with Crippen LogP contribution in [0.5, 0.6) is 0 Å². The lowest BCUT2D eigenvalue weighted by Gasteiger charge is -2.12. The molecular weight excluding hydrogens is 525 g/mol. The molecule has 0 saturated heterocycles. The van der Waals surface area contributed by atoms with E-state index < -0.39 is 11.8 Å². The molecule has 11 nitrogen and oxygen atoms in total. The third-order valence-corrected chi connectivity index (χ3v) is 6.47. The number of anilines is 3. The molecule has 3 aromatic heterocycles. The van der Waals surface area contributed by atoms with Crippen molar-refractivity contribution in [1.82, 2.24) is 24.3 Å². The van der Waals surface area contributed by atoms with Gasteiger partial charge in [-0.25, -0.2) is 14.2 Å². The van der Waals surface area contributed by atoms with E-state index in [1.807, 2.05) is 13.8 Å². The Morgan fingerprint density at radius 2 is 1.85 bits per heavy atom. The molecule has 0 unspecified atom stereocenters. The summed E-state index contributed by atoms with van der Waals surface area (Å²) in [6.07, 6.45) is 3.26. The molecule has 206 valence electrons. The Balaban J connectivity index is 1.46. The number of aromatic nitrogens is 5. The summed E-state index contributed by atoms with van der Waals surface area (Å²) < 4.78 is 17.9. The zero-order chi connectivity index (χ0) is 29.3. The zero-order valence-electron chi connectivity index (χ0n) is 22.7. The van der Waals surface area contributed by atoms with Crippen LogP contribution in [0.25, 0.3) is 33.4 Å². The maximum absolute atomic E-state index is 14.8. The van der Waals surface area contributed by atoms with Gasteiger partial charge < -0.3 is 16.0 Å². The average molecular weight is 552 g/mol. The number of carbonyl (C=O) groups is 1. The van der Waals surface area contributed by atoms with Crippen LogP contribution in [0.3, 0.4) is 0 Å². The van der Waals surface area contributed by atoms with Crippen LogP contribution < -0.4 is 21.5 Å². The molecular formula is C29H26FN9O2. The normalized spacial score (nSPS) is 11.0. The summed E-state index contributed by atoms with van der Waals surface area (Å²) in [5.74, 6) is -0.303. The Bertz CT molecular complexity index is 1900. The van der Waals surface area contributed by atoms with E-state index >= 15 is 0 Å². The number of carbonyl (C=O) groups excluding carboxylic acids is 1. The van der Waals surface area contributed by atoms with Gasteiger partial charge in [0, 0.05) is 49.0 Å². The fourth-order valence-corrected chi connectivity index (χ4v) is 4.34. The summed E-state index contributed by atoms with van der Waals surface area (Å²) in [7, 11) is 3.28. The van der Waals surface area contributed by atoms with E-state index in [1.54, 1.807) is 61.5 Å². The average Bonchev–Trinajstić information content (AvgIpc) is 3.40. The van der Waals surface area contributed by atoms with Crippen LogP contribution in [0.15, 0.2) is 65.7 Å². The smallest absolute Gasteiger partial charge is 0.323 e. The molecule has 5 aromatic rings. The molecule has 0 aliphatic carbocycles. The van der Waals surface area contributed by atoms with Gasteiger partial charge in [-0.1, -0.05) is 18.2 Å². The van der Waals surface area contributed by atoms with Crippen LogP contribution in [-0.4, -0.2) is 37.4 Å². The topological polar surface area (TPSA) is 143 Å². The fourth-order valence-electron chi connectivity index (χ4n) is 4.34. The number of rotatable bonds is 6. The summed E-state index contributed by atoms with van der Waals surface area (Å²) in [6.45, 7) is 3.88. The molecule has 5 rings (SSSR count). The third-order valence-electron chi connectivity index (χ3n) is 6.47. The first-order valence-electron chi connectivity index (χ1n) is 12.7. The molecule has 2 amide bonds. The van der Waals surface area contributed by atoms with Crippen LogP contribution in [0.1, 0.15) is 25.5 Å². The van der Waals surface area contributed by atoms with Crippen molar-refractivity contribution in [2.24, 2.45) is 7.05 Å². The summed E-state index contributed by atoms with van der Waals surface area (Å²) in [5, 5.41) is 22.6. The predicted molar refractivity (Wildman–Crippen MR) is 155 cm³/mol. The van der Waals surface area contributed by atoms with Gasteiger partial charge in [0.15, 0.2) is 0 Å². The highest BCUT2D eigenvalue weighted by Gasteiger charge is 2.18. The molecule has 0 saturated carbocycles. The SMILES string of the molecule is CNc1ncc2cc(-c3ccc(F)c(NC(=O)Nc4cn(C(C)C)nc4-c4cccc(C#N)c4)c3)c(=O)n(C)c2n1. The van der Waals surface area contributed by atoms with Crippen molar-refractivity contribution in [3.8, 4) is 28.5 Å². The minimum atomic E-state index is -0.707. The number of hydrogen-bond donors (Lipinski definition) is 3. The second-order valence-corrected chi connectivity index (χ2v) is 9.58. The molecule has 0 radical (unpaired) electrons. The lowest BCUT2D eigenvalue weighted by molar-refractivity contribution is 0.262. The van der Waals surface area contributed by atoms with Gasteiger partial charge in [0.2, 0.25) is 5.95 Å². The van der Waals surface area contributed by atoms with Gasteiger partial charge in [-0.2, -0.15) is 15.3 Å². The molecule has 0 aliphatic rings. The molecule has 0 bridgehead atoms. The number of nitrogens with zero attached hydrogens (tertiary/aromatic N) is 6. The molecule has 41 heavy (non-hydrogen) atoms. The van der Waals surface area contributed by atoms with Crippen LogP contribution in [0.4, 0.5) is 26.5 Å². The zero-order valence-corrected chi connectivity index (χ0v) is 22.7. The number of benzene rings is 2. The number of hydrogen-bond acceptors (Lipinski definition) is 7. The molecule has 3 heterocycles. The number of nitrogens with one attached hydrogen (secondary N) is 3. The Morgan fingerprint density at radius 3 is 2.59 bits per heavy atom.